The maximum atomic E-state index is 12.2. The van der Waals surface area contributed by atoms with Gasteiger partial charge in [-0.25, -0.2) is 0 Å². The molecule has 0 saturated heterocycles. The summed E-state index contributed by atoms with van der Waals surface area (Å²) in [6.45, 7) is 6.25. The van der Waals surface area contributed by atoms with Gasteiger partial charge in [-0.05, 0) is 47.0 Å². The molecular formula is C13H19BrN2O. The molecule has 1 aromatic rings. The second-order valence-electron chi connectivity index (χ2n) is 4.64. The van der Waals surface area contributed by atoms with Crippen LogP contribution in [-0.2, 0) is 0 Å². The number of amides is 1. The van der Waals surface area contributed by atoms with Crippen LogP contribution >= 0.6 is 15.9 Å². The zero-order valence-electron chi connectivity index (χ0n) is 10.7. The highest BCUT2D eigenvalue weighted by Crippen LogP contribution is 2.21. The number of hydrogen-bond acceptors (Lipinski definition) is 2. The van der Waals surface area contributed by atoms with Crippen LogP contribution in [-0.4, -0.2) is 23.9 Å². The number of carbonyl (C=O) groups is 1. The molecule has 1 atom stereocenters. The molecule has 0 aliphatic heterocycles. The lowest BCUT2D eigenvalue weighted by Crippen LogP contribution is -2.38. The largest absolute Gasteiger partial charge is 0.398 e. The monoisotopic (exact) mass is 298 g/mol. The minimum absolute atomic E-state index is 0.00500. The Hall–Kier alpha value is -1.03. The second-order valence-corrected chi connectivity index (χ2v) is 5.49. The number of carbonyl (C=O) groups excluding carboxylic acids is 1. The van der Waals surface area contributed by atoms with Crippen molar-refractivity contribution in [2.24, 2.45) is 5.92 Å². The molecule has 0 spiro atoms. The summed E-state index contributed by atoms with van der Waals surface area (Å²) in [4.78, 5) is 14.0. The van der Waals surface area contributed by atoms with Crippen LogP contribution in [0.1, 0.15) is 31.1 Å². The molecule has 0 bridgehead atoms. The fraction of sp³-hybridized carbons (Fsp3) is 0.462. The van der Waals surface area contributed by atoms with E-state index >= 15 is 0 Å². The van der Waals surface area contributed by atoms with Crippen LogP contribution in [0.5, 0.6) is 0 Å². The van der Waals surface area contributed by atoms with E-state index < -0.39 is 0 Å². The van der Waals surface area contributed by atoms with Crippen molar-refractivity contribution in [3.63, 3.8) is 0 Å². The summed E-state index contributed by atoms with van der Waals surface area (Å²) in [6.07, 6.45) is 0. The highest BCUT2D eigenvalue weighted by molar-refractivity contribution is 9.10. The second kappa shape index (κ2) is 5.54. The minimum Gasteiger partial charge on any atom is -0.398 e. The summed E-state index contributed by atoms with van der Waals surface area (Å²) in [7, 11) is 1.82. The first-order chi connectivity index (χ1) is 7.84. The third-order valence-electron chi connectivity index (χ3n) is 3.14. The molecule has 4 heteroatoms. The molecule has 0 aromatic heterocycles. The summed E-state index contributed by atoms with van der Waals surface area (Å²) >= 11 is 3.32. The Morgan fingerprint density at radius 1 is 1.35 bits per heavy atom. The van der Waals surface area contributed by atoms with Crippen molar-refractivity contribution in [1.82, 2.24) is 4.90 Å². The van der Waals surface area contributed by atoms with Gasteiger partial charge in [-0.1, -0.05) is 13.8 Å². The van der Waals surface area contributed by atoms with E-state index in [4.69, 9.17) is 5.73 Å². The van der Waals surface area contributed by atoms with Crippen LogP contribution in [0.3, 0.4) is 0 Å². The minimum atomic E-state index is 0.00500. The van der Waals surface area contributed by atoms with Gasteiger partial charge in [0.05, 0.1) is 0 Å². The van der Waals surface area contributed by atoms with Crippen LogP contribution in [0.4, 0.5) is 5.69 Å². The van der Waals surface area contributed by atoms with Crippen molar-refractivity contribution in [2.45, 2.75) is 26.8 Å². The molecule has 1 amide bonds. The summed E-state index contributed by atoms with van der Waals surface area (Å²) in [5, 5.41) is 0. The van der Waals surface area contributed by atoms with Gasteiger partial charge < -0.3 is 10.6 Å². The zero-order chi connectivity index (χ0) is 13.2. The van der Waals surface area contributed by atoms with Crippen molar-refractivity contribution >= 4 is 27.5 Å². The average Bonchev–Trinajstić information content (AvgIpc) is 2.29. The molecule has 0 aliphatic carbocycles. The Bertz CT molecular complexity index is 418. The third-order valence-corrected chi connectivity index (χ3v) is 3.86. The highest BCUT2D eigenvalue weighted by Gasteiger charge is 2.20. The molecule has 17 heavy (non-hydrogen) atoms. The van der Waals surface area contributed by atoms with Crippen LogP contribution in [0.15, 0.2) is 22.7 Å². The summed E-state index contributed by atoms with van der Waals surface area (Å²) in [6, 6.07) is 5.49. The Morgan fingerprint density at radius 2 is 1.94 bits per heavy atom. The number of anilines is 1. The predicted molar refractivity (Wildman–Crippen MR) is 74.9 cm³/mol. The Balaban J connectivity index is 2.92. The van der Waals surface area contributed by atoms with Crippen molar-refractivity contribution in [2.75, 3.05) is 12.8 Å². The lowest BCUT2D eigenvalue weighted by molar-refractivity contribution is 0.0707. The topological polar surface area (TPSA) is 46.3 Å². The predicted octanol–water partition coefficient (Wildman–Crippen LogP) is 3.15. The van der Waals surface area contributed by atoms with E-state index in [-0.39, 0.29) is 11.9 Å². The number of hydrogen-bond donors (Lipinski definition) is 1. The number of nitrogens with zero attached hydrogens (tertiary/aromatic N) is 1. The Labute approximate surface area is 111 Å². The van der Waals surface area contributed by atoms with Crippen LogP contribution < -0.4 is 5.73 Å². The number of halogens is 1. The molecule has 0 fully saturated rings. The van der Waals surface area contributed by atoms with Crippen molar-refractivity contribution in [1.29, 1.82) is 0 Å². The molecule has 94 valence electrons. The van der Waals surface area contributed by atoms with Crippen LogP contribution in [0.25, 0.3) is 0 Å². The van der Waals surface area contributed by atoms with Gasteiger partial charge in [-0.3, -0.25) is 4.79 Å². The molecule has 1 aromatic carbocycles. The maximum Gasteiger partial charge on any atom is 0.253 e. The molecule has 0 radical (unpaired) electrons. The summed E-state index contributed by atoms with van der Waals surface area (Å²) < 4.78 is 0.814. The molecule has 0 saturated carbocycles. The van der Waals surface area contributed by atoms with Gasteiger partial charge in [0.15, 0.2) is 0 Å². The Kier molecular flexibility index (Phi) is 4.57. The molecule has 3 nitrogen and oxygen atoms in total. The van der Waals surface area contributed by atoms with E-state index in [1.807, 2.05) is 14.0 Å². The number of nitrogens with two attached hydrogens (primary N) is 1. The molecular weight excluding hydrogens is 280 g/mol. The smallest absolute Gasteiger partial charge is 0.253 e. The van der Waals surface area contributed by atoms with E-state index in [0.717, 1.165) is 4.47 Å². The SMILES string of the molecule is CC(C)C(C)N(C)C(=O)c1ccc(Br)c(N)c1. The van der Waals surface area contributed by atoms with Gasteiger partial charge >= 0.3 is 0 Å². The third kappa shape index (κ3) is 3.22. The van der Waals surface area contributed by atoms with Crippen molar-refractivity contribution in [3.8, 4) is 0 Å². The van der Waals surface area contributed by atoms with E-state index in [1.54, 1.807) is 23.1 Å². The normalized spacial score (nSPS) is 12.6. The standard InChI is InChI=1S/C13H19BrN2O/c1-8(2)9(3)16(4)13(17)10-5-6-11(14)12(15)7-10/h5-9H,15H2,1-4H3. The van der Waals surface area contributed by atoms with E-state index in [2.05, 4.69) is 29.8 Å². The lowest BCUT2D eigenvalue weighted by Gasteiger charge is -2.28. The average molecular weight is 299 g/mol. The van der Waals surface area contributed by atoms with Crippen molar-refractivity contribution < 1.29 is 4.79 Å². The van der Waals surface area contributed by atoms with E-state index in [9.17, 15) is 4.79 Å². The van der Waals surface area contributed by atoms with Crippen LogP contribution in [0.2, 0.25) is 0 Å². The fourth-order valence-electron chi connectivity index (χ4n) is 1.51. The Morgan fingerprint density at radius 3 is 2.41 bits per heavy atom. The highest BCUT2D eigenvalue weighted by atomic mass is 79.9. The first kappa shape index (κ1) is 14.0. The number of rotatable bonds is 3. The first-order valence-corrected chi connectivity index (χ1v) is 6.46. The summed E-state index contributed by atoms with van der Waals surface area (Å²) in [5.41, 5.74) is 6.99. The van der Waals surface area contributed by atoms with E-state index in [0.29, 0.717) is 17.2 Å². The molecule has 1 unspecified atom stereocenters. The van der Waals surface area contributed by atoms with Gasteiger partial charge in [0.1, 0.15) is 0 Å². The van der Waals surface area contributed by atoms with Crippen molar-refractivity contribution in [3.05, 3.63) is 28.2 Å². The fourth-order valence-corrected chi connectivity index (χ4v) is 1.76. The first-order valence-electron chi connectivity index (χ1n) is 5.66. The van der Waals surface area contributed by atoms with Crippen LogP contribution in [0, 0.1) is 5.92 Å². The van der Waals surface area contributed by atoms with Gasteiger partial charge in [0, 0.05) is 28.8 Å². The quantitative estimate of drug-likeness (QED) is 0.872. The number of benzene rings is 1. The molecule has 1 rings (SSSR count). The molecule has 0 aliphatic rings. The zero-order valence-corrected chi connectivity index (χ0v) is 12.3. The summed E-state index contributed by atoms with van der Waals surface area (Å²) in [5.74, 6) is 0.433. The van der Waals surface area contributed by atoms with Gasteiger partial charge in [-0.2, -0.15) is 0 Å². The van der Waals surface area contributed by atoms with Gasteiger partial charge in [0.25, 0.3) is 5.91 Å². The molecule has 0 heterocycles. The molecule has 2 N–H and O–H groups in total. The van der Waals surface area contributed by atoms with Gasteiger partial charge in [0.2, 0.25) is 0 Å². The van der Waals surface area contributed by atoms with E-state index in [1.165, 1.54) is 0 Å². The lowest BCUT2D eigenvalue weighted by atomic mass is 10.0. The van der Waals surface area contributed by atoms with Gasteiger partial charge in [-0.15, -0.1) is 0 Å². The maximum absolute atomic E-state index is 12.2. The number of nitrogen functional groups attached to an aromatic ring is 1.